The average Bonchev–Trinajstić information content (AvgIpc) is 2.84. The molecule has 2 aromatic rings. The highest BCUT2D eigenvalue weighted by atomic mass is 32.1. The molecule has 0 aliphatic heterocycles. The molecule has 4 saturated carbocycles. The van der Waals surface area contributed by atoms with E-state index in [1.807, 2.05) is 24.3 Å². The SMILES string of the molecule is CC12CC3CC(C)(C1)CC(NC(=O)Nc1nc4ccccc4s1)(C3)C2. The number of anilines is 1. The van der Waals surface area contributed by atoms with Crippen molar-refractivity contribution in [2.24, 2.45) is 16.7 Å². The maximum atomic E-state index is 12.7. The molecular formula is C20H25N3OS. The Bertz CT molecular complexity index is 808. The molecule has 4 nitrogen and oxygen atoms in total. The minimum atomic E-state index is -0.0896. The lowest BCUT2D eigenvalue weighted by Gasteiger charge is -2.65. The smallest absolute Gasteiger partial charge is 0.321 e. The number of hydrogen-bond donors (Lipinski definition) is 2. The van der Waals surface area contributed by atoms with Crippen LogP contribution in [-0.4, -0.2) is 16.6 Å². The Hall–Kier alpha value is -1.62. The van der Waals surface area contributed by atoms with E-state index in [1.54, 1.807) is 0 Å². The second-order valence-corrected chi connectivity index (χ2v) is 10.5. The molecule has 132 valence electrons. The van der Waals surface area contributed by atoms with Crippen molar-refractivity contribution in [1.82, 2.24) is 10.3 Å². The largest absolute Gasteiger partial charge is 0.332 e. The van der Waals surface area contributed by atoms with Crippen molar-refractivity contribution < 1.29 is 4.79 Å². The molecule has 4 fully saturated rings. The molecule has 2 amide bonds. The molecule has 1 aromatic carbocycles. The van der Waals surface area contributed by atoms with Crippen LogP contribution in [0.4, 0.5) is 9.93 Å². The number of rotatable bonds is 2. The van der Waals surface area contributed by atoms with Crippen molar-refractivity contribution in [2.45, 2.75) is 57.9 Å². The highest BCUT2D eigenvalue weighted by Gasteiger charge is 2.60. The van der Waals surface area contributed by atoms with E-state index in [9.17, 15) is 4.79 Å². The Balaban J connectivity index is 1.35. The zero-order valence-corrected chi connectivity index (χ0v) is 15.7. The zero-order valence-electron chi connectivity index (χ0n) is 14.9. The fraction of sp³-hybridized carbons (Fsp3) is 0.600. The second-order valence-electron chi connectivity index (χ2n) is 9.48. The van der Waals surface area contributed by atoms with Crippen molar-refractivity contribution in [2.75, 3.05) is 5.32 Å². The first-order valence-electron chi connectivity index (χ1n) is 9.29. The number of nitrogens with zero attached hydrogens (tertiary/aromatic N) is 1. The molecule has 0 spiro atoms. The van der Waals surface area contributed by atoms with Crippen LogP contribution in [0.5, 0.6) is 0 Å². The van der Waals surface area contributed by atoms with E-state index in [-0.39, 0.29) is 11.6 Å². The monoisotopic (exact) mass is 355 g/mol. The third kappa shape index (κ3) is 2.64. The van der Waals surface area contributed by atoms with Gasteiger partial charge < -0.3 is 5.32 Å². The molecule has 25 heavy (non-hydrogen) atoms. The number of benzene rings is 1. The van der Waals surface area contributed by atoms with Gasteiger partial charge in [-0.05, 0) is 67.4 Å². The lowest BCUT2D eigenvalue weighted by molar-refractivity contribution is -0.113. The van der Waals surface area contributed by atoms with Crippen LogP contribution in [0.15, 0.2) is 24.3 Å². The molecule has 2 atom stereocenters. The van der Waals surface area contributed by atoms with Gasteiger partial charge in [-0.3, -0.25) is 5.32 Å². The highest BCUT2D eigenvalue weighted by Crippen LogP contribution is 2.66. The third-order valence-corrected chi connectivity index (χ3v) is 7.47. The number of aromatic nitrogens is 1. The summed E-state index contributed by atoms with van der Waals surface area (Å²) in [6.07, 6.45) is 7.39. The summed E-state index contributed by atoms with van der Waals surface area (Å²) in [6, 6.07) is 7.91. The Labute approximate surface area is 152 Å². The van der Waals surface area contributed by atoms with Crippen molar-refractivity contribution in [1.29, 1.82) is 0 Å². The number of para-hydroxylation sites is 1. The van der Waals surface area contributed by atoms with E-state index >= 15 is 0 Å². The van der Waals surface area contributed by atoms with Crippen LogP contribution in [-0.2, 0) is 0 Å². The standard InChI is InChI=1S/C20H25N3OS/c1-18-7-13-8-19(2,10-18)12-20(9-13,11-18)23-16(24)22-17-21-14-5-3-4-6-15(14)25-17/h3-6,13H,7-12H2,1-2H3,(H2,21,22,23,24). The molecule has 2 unspecified atom stereocenters. The number of thiazole rings is 1. The van der Waals surface area contributed by atoms with Crippen LogP contribution in [0, 0.1) is 16.7 Å². The Kier molecular flexibility index (Phi) is 3.10. The van der Waals surface area contributed by atoms with E-state index in [1.165, 1.54) is 30.6 Å². The van der Waals surface area contributed by atoms with Gasteiger partial charge in [0.2, 0.25) is 0 Å². The van der Waals surface area contributed by atoms with E-state index < -0.39 is 0 Å². The van der Waals surface area contributed by atoms with Crippen LogP contribution in [0.2, 0.25) is 0 Å². The number of fused-ring (bicyclic) bond motifs is 1. The average molecular weight is 356 g/mol. The summed E-state index contributed by atoms with van der Waals surface area (Å²) in [5, 5.41) is 7.05. The van der Waals surface area contributed by atoms with Crippen LogP contribution in [0.1, 0.15) is 52.4 Å². The quantitative estimate of drug-likeness (QED) is 0.781. The van der Waals surface area contributed by atoms with Crippen LogP contribution >= 0.6 is 11.3 Å². The molecule has 0 radical (unpaired) electrons. The first kappa shape index (κ1) is 15.6. The van der Waals surface area contributed by atoms with E-state index in [4.69, 9.17) is 0 Å². The first-order valence-corrected chi connectivity index (χ1v) is 10.1. The molecular weight excluding hydrogens is 330 g/mol. The molecule has 6 rings (SSSR count). The van der Waals surface area contributed by atoms with Gasteiger partial charge in [0.25, 0.3) is 0 Å². The maximum absolute atomic E-state index is 12.7. The van der Waals surface area contributed by atoms with Crippen LogP contribution in [0.3, 0.4) is 0 Å². The lowest BCUT2D eigenvalue weighted by atomic mass is 9.43. The Morgan fingerprint density at radius 2 is 1.84 bits per heavy atom. The first-order chi connectivity index (χ1) is 11.8. The van der Waals surface area contributed by atoms with Crippen LogP contribution < -0.4 is 10.6 Å². The van der Waals surface area contributed by atoms with E-state index in [2.05, 4.69) is 29.5 Å². The van der Waals surface area contributed by atoms with Gasteiger partial charge in [0, 0.05) is 5.54 Å². The molecule has 1 heterocycles. The van der Waals surface area contributed by atoms with Crippen molar-refractivity contribution in [3.05, 3.63) is 24.3 Å². The van der Waals surface area contributed by atoms with Gasteiger partial charge >= 0.3 is 6.03 Å². The summed E-state index contributed by atoms with van der Waals surface area (Å²) >= 11 is 1.53. The van der Waals surface area contributed by atoms with Crippen molar-refractivity contribution in [3.63, 3.8) is 0 Å². The summed E-state index contributed by atoms with van der Waals surface area (Å²) in [5.41, 5.74) is 1.72. The summed E-state index contributed by atoms with van der Waals surface area (Å²) in [4.78, 5) is 17.2. The van der Waals surface area contributed by atoms with Gasteiger partial charge in [0.1, 0.15) is 0 Å². The fourth-order valence-corrected chi connectivity index (χ4v) is 7.74. The van der Waals surface area contributed by atoms with Crippen LogP contribution in [0.25, 0.3) is 10.2 Å². The topological polar surface area (TPSA) is 54.0 Å². The molecule has 1 aromatic heterocycles. The minimum Gasteiger partial charge on any atom is -0.332 e. The summed E-state index contributed by atoms with van der Waals surface area (Å²) in [7, 11) is 0. The van der Waals surface area contributed by atoms with Gasteiger partial charge in [-0.1, -0.05) is 37.3 Å². The highest BCUT2D eigenvalue weighted by molar-refractivity contribution is 7.22. The van der Waals surface area contributed by atoms with Gasteiger partial charge in [-0.25, -0.2) is 9.78 Å². The molecule has 5 heteroatoms. The normalized spacial score (nSPS) is 38.9. The zero-order chi connectivity index (χ0) is 17.3. The maximum Gasteiger partial charge on any atom is 0.321 e. The summed E-state index contributed by atoms with van der Waals surface area (Å²) < 4.78 is 1.10. The van der Waals surface area contributed by atoms with Gasteiger partial charge in [0.05, 0.1) is 10.2 Å². The number of carbonyl (C=O) groups is 1. The van der Waals surface area contributed by atoms with Crippen molar-refractivity contribution >= 4 is 32.7 Å². The molecule has 4 aliphatic rings. The number of hydrogen-bond acceptors (Lipinski definition) is 3. The van der Waals surface area contributed by atoms with Gasteiger partial charge in [-0.15, -0.1) is 0 Å². The molecule has 2 N–H and O–H groups in total. The Morgan fingerprint density at radius 3 is 2.52 bits per heavy atom. The van der Waals surface area contributed by atoms with E-state index in [0.717, 1.165) is 35.4 Å². The number of urea groups is 1. The molecule has 4 bridgehead atoms. The predicted octanol–water partition coefficient (Wildman–Crippen LogP) is 5.17. The third-order valence-electron chi connectivity index (χ3n) is 6.52. The number of amides is 2. The Morgan fingerprint density at radius 1 is 1.12 bits per heavy atom. The summed E-state index contributed by atoms with van der Waals surface area (Å²) in [5.74, 6) is 0.772. The second kappa shape index (κ2) is 4.97. The van der Waals surface area contributed by atoms with Gasteiger partial charge in [-0.2, -0.15) is 0 Å². The molecule has 4 aliphatic carbocycles. The minimum absolute atomic E-state index is 0.0241. The fourth-order valence-electron chi connectivity index (χ4n) is 6.88. The summed E-state index contributed by atoms with van der Waals surface area (Å²) in [6.45, 7) is 4.86. The number of carbonyl (C=O) groups excluding carboxylic acids is 1. The predicted molar refractivity (Wildman–Crippen MR) is 102 cm³/mol. The molecule has 0 saturated heterocycles. The van der Waals surface area contributed by atoms with Crippen molar-refractivity contribution in [3.8, 4) is 0 Å². The van der Waals surface area contributed by atoms with Gasteiger partial charge in [0.15, 0.2) is 5.13 Å². The lowest BCUT2D eigenvalue weighted by Crippen LogP contribution is -2.65. The van der Waals surface area contributed by atoms with E-state index in [0.29, 0.717) is 16.0 Å². The number of nitrogens with one attached hydrogen (secondary N) is 2.